The zero-order valence-corrected chi connectivity index (χ0v) is 13.2. The quantitative estimate of drug-likeness (QED) is 0.858. The summed E-state index contributed by atoms with van der Waals surface area (Å²) in [5, 5.41) is 2.94. The predicted octanol–water partition coefficient (Wildman–Crippen LogP) is 1.32. The van der Waals surface area contributed by atoms with Gasteiger partial charge in [0.15, 0.2) is 11.6 Å². The van der Waals surface area contributed by atoms with Crippen LogP contribution in [0.2, 0.25) is 0 Å². The van der Waals surface area contributed by atoms with E-state index in [9.17, 15) is 9.18 Å². The topological polar surface area (TPSA) is 97.0 Å². The number of primary amides is 1. The van der Waals surface area contributed by atoms with Gasteiger partial charge < -0.3 is 16.0 Å². The lowest BCUT2D eigenvalue weighted by molar-refractivity contribution is -0.122. The lowest BCUT2D eigenvalue weighted by Gasteiger charge is -2.32. The molecule has 3 N–H and O–H groups in total. The molecule has 1 amide bonds. The molecule has 0 saturated carbocycles. The van der Waals surface area contributed by atoms with E-state index in [1.165, 1.54) is 6.33 Å². The zero-order chi connectivity index (χ0) is 16.9. The molecule has 1 fully saturated rings. The summed E-state index contributed by atoms with van der Waals surface area (Å²) >= 11 is 0. The van der Waals surface area contributed by atoms with E-state index in [4.69, 9.17) is 5.73 Å². The molecule has 2 aromatic rings. The third-order valence-electron chi connectivity index (χ3n) is 4.06. The van der Waals surface area contributed by atoms with Gasteiger partial charge in [0.1, 0.15) is 6.33 Å². The van der Waals surface area contributed by atoms with Crippen molar-refractivity contribution >= 4 is 17.5 Å². The largest absolute Gasteiger partial charge is 0.369 e. The van der Waals surface area contributed by atoms with E-state index in [1.54, 1.807) is 11.1 Å². The van der Waals surface area contributed by atoms with E-state index >= 15 is 0 Å². The Morgan fingerprint density at radius 3 is 3.00 bits per heavy atom. The van der Waals surface area contributed by atoms with Crippen LogP contribution in [0.15, 0.2) is 30.7 Å². The van der Waals surface area contributed by atoms with Crippen LogP contribution in [0.3, 0.4) is 0 Å². The Balaban J connectivity index is 1.74. The molecule has 8 heteroatoms. The van der Waals surface area contributed by atoms with Crippen LogP contribution in [0, 0.1) is 11.7 Å². The van der Waals surface area contributed by atoms with Gasteiger partial charge in [0.05, 0.1) is 18.2 Å². The van der Waals surface area contributed by atoms with Crippen LogP contribution in [-0.4, -0.2) is 33.9 Å². The number of aromatic nitrogens is 3. The highest BCUT2D eigenvalue weighted by molar-refractivity contribution is 5.77. The number of piperidine rings is 1. The van der Waals surface area contributed by atoms with Crippen molar-refractivity contribution in [3.8, 4) is 0 Å². The molecule has 3 heterocycles. The minimum absolute atomic E-state index is 0.117. The maximum Gasteiger partial charge on any atom is 0.222 e. The Morgan fingerprint density at radius 1 is 1.38 bits per heavy atom. The van der Waals surface area contributed by atoms with E-state index < -0.39 is 5.82 Å². The van der Waals surface area contributed by atoms with Gasteiger partial charge in [0, 0.05) is 19.3 Å². The SMILES string of the molecule is NC(=O)C1CCCN(c2ncnc(NCc3ccccn3)c2F)C1. The minimum Gasteiger partial charge on any atom is -0.369 e. The molecule has 3 rings (SSSR count). The van der Waals surface area contributed by atoms with Gasteiger partial charge in [-0.05, 0) is 25.0 Å². The Hall–Kier alpha value is -2.77. The molecular weight excluding hydrogens is 311 g/mol. The van der Waals surface area contributed by atoms with Crippen LogP contribution < -0.4 is 16.0 Å². The maximum atomic E-state index is 14.7. The second-order valence-corrected chi connectivity index (χ2v) is 5.72. The van der Waals surface area contributed by atoms with E-state index in [0.717, 1.165) is 18.5 Å². The fraction of sp³-hybridized carbons (Fsp3) is 0.375. The molecule has 0 aliphatic carbocycles. The Labute approximate surface area is 139 Å². The highest BCUT2D eigenvalue weighted by Gasteiger charge is 2.27. The maximum absolute atomic E-state index is 14.7. The van der Waals surface area contributed by atoms with Crippen LogP contribution in [0.25, 0.3) is 0 Å². The van der Waals surface area contributed by atoms with E-state index in [-0.39, 0.29) is 23.5 Å². The number of nitrogens with one attached hydrogen (secondary N) is 1. The first-order chi connectivity index (χ1) is 11.6. The van der Waals surface area contributed by atoms with Gasteiger partial charge in [-0.1, -0.05) is 6.07 Å². The number of anilines is 2. The second-order valence-electron chi connectivity index (χ2n) is 5.72. The first-order valence-electron chi connectivity index (χ1n) is 7.83. The van der Waals surface area contributed by atoms with Crippen LogP contribution in [0.1, 0.15) is 18.5 Å². The molecule has 24 heavy (non-hydrogen) atoms. The molecule has 0 bridgehead atoms. The molecule has 1 atom stereocenters. The molecule has 0 spiro atoms. The number of nitrogens with two attached hydrogens (primary N) is 1. The van der Waals surface area contributed by atoms with Gasteiger partial charge in [-0.2, -0.15) is 4.39 Å². The molecule has 1 aliphatic heterocycles. The van der Waals surface area contributed by atoms with Gasteiger partial charge in [-0.25, -0.2) is 9.97 Å². The first-order valence-corrected chi connectivity index (χ1v) is 7.83. The highest BCUT2D eigenvalue weighted by Crippen LogP contribution is 2.26. The number of pyridine rings is 1. The van der Waals surface area contributed by atoms with Crippen LogP contribution in [0.4, 0.5) is 16.0 Å². The molecule has 2 aromatic heterocycles. The molecule has 1 aliphatic rings. The fourth-order valence-electron chi connectivity index (χ4n) is 2.78. The number of halogens is 1. The molecule has 1 saturated heterocycles. The zero-order valence-electron chi connectivity index (χ0n) is 13.2. The molecule has 126 valence electrons. The molecule has 7 nitrogen and oxygen atoms in total. The lowest BCUT2D eigenvalue weighted by atomic mass is 9.97. The predicted molar refractivity (Wildman–Crippen MR) is 87.7 cm³/mol. The van der Waals surface area contributed by atoms with Crippen LogP contribution in [0.5, 0.6) is 0 Å². The molecule has 0 radical (unpaired) electrons. The summed E-state index contributed by atoms with van der Waals surface area (Å²) < 4.78 is 14.7. The van der Waals surface area contributed by atoms with Crippen molar-refractivity contribution in [2.45, 2.75) is 19.4 Å². The number of carbonyl (C=O) groups excluding carboxylic acids is 1. The number of carbonyl (C=O) groups is 1. The van der Waals surface area contributed by atoms with Crippen molar-refractivity contribution in [1.29, 1.82) is 0 Å². The summed E-state index contributed by atoms with van der Waals surface area (Å²) in [4.78, 5) is 25.3. The second kappa shape index (κ2) is 7.20. The van der Waals surface area contributed by atoms with Crippen molar-refractivity contribution in [3.63, 3.8) is 0 Å². The van der Waals surface area contributed by atoms with Gasteiger partial charge in [-0.3, -0.25) is 9.78 Å². The summed E-state index contributed by atoms with van der Waals surface area (Å²) in [7, 11) is 0. The number of amides is 1. The smallest absolute Gasteiger partial charge is 0.222 e. The summed E-state index contributed by atoms with van der Waals surface area (Å²) in [6.07, 6.45) is 4.49. The van der Waals surface area contributed by atoms with Crippen molar-refractivity contribution in [3.05, 3.63) is 42.2 Å². The standard InChI is InChI=1S/C16H19FN6O/c17-13-15(20-8-12-5-1-2-6-19-12)21-10-22-16(13)23-7-3-4-11(9-23)14(18)24/h1-2,5-6,10-11H,3-4,7-9H2,(H2,18,24)(H,20,21,22). The lowest BCUT2D eigenvalue weighted by Crippen LogP contribution is -2.42. The van der Waals surface area contributed by atoms with Gasteiger partial charge in [0.2, 0.25) is 11.7 Å². The number of rotatable bonds is 5. The van der Waals surface area contributed by atoms with Crippen molar-refractivity contribution in [1.82, 2.24) is 15.0 Å². The molecular formula is C16H19FN6O. The van der Waals surface area contributed by atoms with Crippen LogP contribution >= 0.6 is 0 Å². The average molecular weight is 330 g/mol. The van der Waals surface area contributed by atoms with Crippen molar-refractivity contribution < 1.29 is 9.18 Å². The minimum atomic E-state index is -0.529. The van der Waals surface area contributed by atoms with Gasteiger partial charge in [0.25, 0.3) is 0 Å². The Morgan fingerprint density at radius 2 is 2.25 bits per heavy atom. The highest BCUT2D eigenvalue weighted by atomic mass is 19.1. The van der Waals surface area contributed by atoms with Gasteiger partial charge in [-0.15, -0.1) is 0 Å². The summed E-state index contributed by atoms with van der Waals surface area (Å²) in [5.41, 5.74) is 6.16. The third kappa shape index (κ3) is 3.58. The third-order valence-corrected chi connectivity index (χ3v) is 4.06. The van der Waals surface area contributed by atoms with E-state index in [1.807, 2.05) is 18.2 Å². The molecule has 1 unspecified atom stereocenters. The normalized spacial score (nSPS) is 17.5. The van der Waals surface area contributed by atoms with Crippen molar-refractivity contribution in [2.24, 2.45) is 11.7 Å². The van der Waals surface area contributed by atoms with Crippen molar-refractivity contribution in [2.75, 3.05) is 23.3 Å². The number of hydrogen-bond acceptors (Lipinski definition) is 6. The van der Waals surface area contributed by atoms with E-state index in [2.05, 4.69) is 20.3 Å². The monoisotopic (exact) mass is 330 g/mol. The molecule has 0 aromatic carbocycles. The Kier molecular flexibility index (Phi) is 4.83. The number of nitrogens with zero attached hydrogens (tertiary/aromatic N) is 4. The Bertz CT molecular complexity index is 711. The van der Waals surface area contributed by atoms with Crippen LogP contribution in [-0.2, 0) is 11.3 Å². The summed E-state index contributed by atoms with van der Waals surface area (Å²) in [6, 6.07) is 5.52. The summed E-state index contributed by atoms with van der Waals surface area (Å²) in [5.74, 6) is -0.856. The number of hydrogen-bond donors (Lipinski definition) is 2. The van der Waals surface area contributed by atoms with E-state index in [0.29, 0.717) is 19.6 Å². The fourth-order valence-corrected chi connectivity index (χ4v) is 2.78. The first kappa shape index (κ1) is 16.1. The average Bonchev–Trinajstić information content (AvgIpc) is 2.62. The van der Waals surface area contributed by atoms with Gasteiger partial charge >= 0.3 is 0 Å². The summed E-state index contributed by atoms with van der Waals surface area (Å²) in [6.45, 7) is 1.37.